The van der Waals surface area contributed by atoms with Crippen molar-refractivity contribution in [2.24, 2.45) is 0 Å². The van der Waals surface area contributed by atoms with Crippen LogP contribution in [0.15, 0.2) is 24.3 Å². The third-order valence-corrected chi connectivity index (χ3v) is 3.89. The van der Waals surface area contributed by atoms with Crippen LogP contribution < -0.4 is 5.32 Å². The van der Waals surface area contributed by atoms with E-state index in [4.69, 9.17) is 0 Å². The van der Waals surface area contributed by atoms with Crippen molar-refractivity contribution in [1.82, 2.24) is 5.32 Å². The molecule has 3 heteroatoms. The summed E-state index contributed by atoms with van der Waals surface area (Å²) in [6, 6.07) is 7.32. The van der Waals surface area contributed by atoms with E-state index in [0.717, 1.165) is 18.7 Å². The Bertz CT molecular complexity index is 300. The first-order valence-corrected chi connectivity index (χ1v) is 7.47. The number of halogens is 1. The Morgan fingerprint density at radius 2 is 1.94 bits per heavy atom. The lowest BCUT2D eigenvalue weighted by Gasteiger charge is -2.17. The third kappa shape index (κ3) is 6.08. The highest BCUT2D eigenvalue weighted by atomic mass is 32.2. The molecule has 17 heavy (non-hydrogen) atoms. The monoisotopic (exact) mass is 255 g/mol. The second-order valence-electron chi connectivity index (χ2n) is 4.16. The first-order chi connectivity index (χ1) is 8.26. The number of likely N-dealkylation sites (N-methyl/N-ethyl adjacent to an activating group) is 1. The summed E-state index contributed by atoms with van der Waals surface area (Å²) in [4.78, 5) is 0. The lowest BCUT2D eigenvalue weighted by Crippen LogP contribution is -2.33. The zero-order valence-corrected chi connectivity index (χ0v) is 11.5. The van der Waals surface area contributed by atoms with Gasteiger partial charge in [-0.3, -0.25) is 0 Å². The van der Waals surface area contributed by atoms with E-state index in [9.17, 15) is 4.39 Å². The van der Waals surface area contributed by atoms with Crippen LogP contribution in [0.4, 0.5) is 4.39 Å². The van der Waals surface area contributed by atoms with Crippen LogP contribution in [0.2, 0.25) is 0 Å². The Hall–Kier alpha value is -0.540. The zero-order valence-electron chi connectivity index (χ0n) is 10.7. The standard InChI is InChI=1S/C14H22FNS/c1-3-9-17-11-14(16-4-2)10-12-5-7-13(15)8-6-12/h5-8,14,16H,3-4,9-11H2,1-2H3. The first-order valence-electron chi connectivity index (χ1n) is 6.31. The second kappa shape index (κ2) is 8.54. The van der Waals surface area contributed by atoms with Crippen molar-refractivity contribution < 1.29 is 4.39 Å². The van der Waals surface area contributed by atoms with Gasteiger partial charge in [0.05, 0.1) is 0 Å². The fraction of sp³-hybridized carbons (Fsp3) is 0.571. The molecule has 0 saturated heterocycles. The van der Waals surface area contributed by atoms with Crippen LogP contribution in [0.25, 0.3) is 0 Å². The average Bonchev–Trinajstić information content (AvgIpc) is 2.32. The van der Waals surface area contributed by atoms with Crippen molar-refractivity contribution in [3.05, 3.63) is 35.6 Å². The third-order valence-electron chi connectivity index (χ3n) is 2.56. The van der Waals surface area contributed by atoms with Gasteiger partial charge in [-0.2, -0.15) is 11.8 Å². The van der Waals surface area contributed by atoms with Gasteiger partial charge in [0.2, 0.25) is 0 Å². The number of thioether (sulfide) groups is 1. The summed E-state index contributed by atoms with van der Waals surface area (Å²) in [5.41, 5.74) is 1.20. The number of rotatable bonds is 8. The molecule has 0 heterocycles. The summed E-state index contributed by atoms with van der Waals surface area (Å²) < 4.78 is 12.8. The Labute approximate surface area is 108 Å². The summed E-state index contributed by atoms with van der Waals surface area (Å²) in [5, 5.41) is 3.49. The maximum absolute atomic E-state index is 12.8. The molecule has 0 aliphatic carbocycles. The first kappa shape index (κ1) is 14.5. The Morgan fingerprint density at radius 1 is 1.24 bits per heavy atom. The van der Waals surface area contributed by atoms with E-state index in [1.165, 1.54) is 29.9 Å². The fourth-order valence-corrected chi connectivity index (χ4v) is 2.73. The van der Waals surface area contributed by atoms with E-state index in [2.05, 4.69) is 19.2 Å². The van der Waals surface area contributed by atoms with Crippen molar-refractivity contribution in [1.29, 1.82) is 0 Å². The van der Waals surface area contributed by atoms with Gasteiger partial charge in [0.1, 0.15) is 5.82 Å². The van der Waals surface area contributed by atoms with Gasteiger partial charge in [0.15, 0.2) is 0 Å². The van der Waals surface area contributed by atoms with E-state index in [1.807, 2.05) is 23.9 Å². The summed E-state index contributed by atoms with van der Waals surface area (Å²) >= 11 is 1.99. The van der Waals surface area contributed by atoms with Gasteiger partial charge in [-0.1, -0.05) is 26.0 Å². The molecule has 96 valence electrons. The lowest BCUT2D eigenvalue weighted by molar-refractivity contribution is 0.571. The van der Waals surface area contributed by atoms with Crippen LogP contribution in [0.5, 0.6) is 0 Å². The van der Waals surface area contributed by atoms with Gasteiger partial charge in [-0.15, -0.1) is 0 Å². The molecule has 1 aromatic rings. The van der Waals surface area contributed by atoms with Gasteiger partial charge in [-0.05, 0) is 42.8 Å². The molecular weight excluding hydrogens is 233 g/mol. The molecular formula is C14H22FNS. The normalized spacial score (nSPS) is 12.6. The number of benzene rings is 1. The molecule has 0 aromatic heterocycles. The van der Waals surface area contributed by atoms with Crippen LogP contribution in [0.1, 0.15) is 25.8 Å². The van der Waals surface area contributed by atoms with Gasteiger partial charge >= 0.3 is 0 Å². The van der Waals surface area contributed by atoms with Crippen molar-refractivity contribution in [3.63, 3.8) is 0 Å². The molecule has 1 aromatic carbocycles. The summed E-state index contributed by atoms with van der Waals surface area (Å²) in [7, 11) is 0. The zero-order chi connectivity index (χ0) is 12.5. The van der Waals surface area contributed by atoms with Crippen LogP contribution in [-0.2, 0) is 6.42 Å². The van der Waals surface area contributed by atoms with Gasteiger partial charge in [0, 0.05) is 11.8 Å². The smallest absolute Gasteiger partial charge is 0.123 e. The molecule has 0 aliphatic heterocycles. The van der Waals surface area contributed by atoms with Gasteiger partial charge < -0.3 is 5.32 Å². The Balaban J connectivity index is 2.44. The van der Waals surface area contributed by atoms with Crippen LogP contribution >= 0.6 is 11.8 Å². The van der Waals surface area contributed by atoms with Gasteiger partial charge in [-0.25, -0.2) is 4.39 Å². The average molecular weight is 255 g/mol. The minimum Gasteiger partial charge on any atom is -0.313 e. The van der Waals surface area contributed by atoms with E-state index in [1.54, 1.807) is 0 Å². The maximum atomic E-state index is 12.8. The molecule has 1 nitrogen and oxygen atoms in total. The highest BCUT2D eigenvalue weighted by molar-refractivity contribution is 7.99. The number of hydrogen-bond donors (Lipinski definition) is 1. The molecule has 0 radical (unpaired) electrons. The predicted octanol–water partition coefficient (Wildman–Crippen LogP) is 3.49. The van der Waals surface area contributed by atoms with Crippen LogP contribution in [0, 0.1) is 5.82 Å². The molecule has 0 aliphatic rings. The van der Waals surface area contributed by atoms with Crippen LogP contribution in [-0.4, -0.2) is 24.1 Å². The summed E-state index contributed by atoms with van der Waals surface area (Å²) in [6.45, 7) is 5.32. The SMILES string of the molecule is CCCSCC(Cc1ccc(F)cc1)NCC. The highest BCUT2D eigenvalue weighted by Crippen LogP contribution is 2.11. The van der Waals surface area contributed by atoms with E-state index < -0.39 is 0 Å². The van der Waals surface area contributed by atoms with E-state index >= 15 is 0 Å². The predicted molar refractivity (Wildman–Crippen MR) is 75.2 cm³/mol. The molecule has 0 saturated carbocycles. The topological polar surface area (TPSA) is 12.0 Å². The quantitative estimate of drug-likeness (QED) is 0.714. The summed E-state index contributed by atoms with van der Waals surface area (Å²) in [5.74, 6) is 2.18. The molecule has 0 spiro atoms. The largest absolute Gasteiger partial charge is 0.313 e. The number of hydrogen-bond acceptors (Lipinski definition) is 2. The minimum atomic E-state index is -0.158. The van der Waals surface area contributed by atoms with E-state index in [0.29, 0.717) is 6.04 Å². The fourth-order valence-electron chi connectivity index (χ4n) is 1.75. The number of nitrogens with one attached hydrogen (secondary N) is 1. The molecule has 1 atom stereocenters. The van der Waals surface area contributed by atoms with Crippen LogP contribution in [0.3, 0.4) is 0 Å². The minimum absolute atomic E-state index is 0.158. The second-order valence-corrected chi connectivity index (χ2v) is 5.31. The highest BCUT2D eigenvalue weighted by Gasteiger charge is 2.08. The molecule has 1 unspecified atom stereocenters. The Morgan fingerprint density at radius 3 is 2.53 bits per heavy atom. The lowest BCUT2D eigenvalue weighted by atomic mass is 10.1. The van der Waals surface area contributed by atoms with Gasteiger partial charge in [0.25, 0.3) is 0 Å². The Kier molecular flexibility index (Phi) is 7.29. The molecule has 1 rings (SSSR count). The van der Waals surface area contributed by atoms with E-state index in [-0.39, 0.29) is 5.82 Å². The van der Waals surface area contributed by atoms with Crippen molar-refractivity contribution in [2.45, 2.75) is 32.7 Å². The molecule has 0 bridgehead atoms. The van der Waals surface area contributed by atoms with Crippen molar-refractivity contribution in [2.75, 3.05) is 18.1 Å². The summed E-state index contributed by atoms with van der Waals surface area (Å²) in [6.07, 6.45) is 2.20. The molecule has 0 fully saturated rings. The molecule has 0 amide bonds. The molecule has 1 N–H and O–H groups in total. The van der Waals surface area contributed by atoms with Crippen molar-refractivity contribution >= 4 is 11.8 Å². The van der Waals surface area contributed by atoms with Crippen molar-refractivity contribution in [3.8, 4) is 0 Å². The maximum Gasteiger partial charge on any atom is 0.123 e.